The summed E-state index contributed by atoms with van der Waals surface area (Å²) in [5.41, 5.74) is 0.824. The number of halogens is 1. The highest BCUT2D eigenvalue weighted by Crippen LogP contribution is 2.37. The third-order valence-electron chi connectivity index (χ3n) is 6.02. The van der Waals surface area contributed by atoms with Crippen molar-refractivity contribution in [3.8, 4) is 5.75 Å². The molecule has 0 bridgehead atoms. The van der Waals surface area contributed by atoms with E-state index in [1.165, 1.54) is 0 Å². The van der Waals surface area contributed by atoms with Gasteiger partial charge in [-0.3, -0.25) is 0 Å². The van der Waals surface area contributed by atoms with E-state index in [1.807, 2.05) is 48.0 Å². The average molecular weight is 598 g/mol. The Bertz CT molecular complexity index is 1180. The van der Waals surface area contributed by atoms with Crippen molar-refractivity contribution < 1.29 is 34.7 Å². The summed E-state index contributed by atoms with van der Waals surface area (Å²) in [4.78, 5) is 14.1. The highest BCUT2D eigenvalue weighted by molar-refractivity contribution is 9.10. The number of aliphatic hydroxyl groups is 4. The zero-order valence-corrected chi connectivity index (χ0v) is 23.2. The minimum atomic E-state index is -1.30. The predicted molar refractivity (Wildman–Crippen MR) is 146 cm³/mol. The summed E-state index contributed by atoms with van der Waals surface area (Å²) < 4.78 is 13.9. The molecule has 0 radical (unpaired) electrons. The van der Waals surface area contributed by atoms with Crippen molar-refractivity contribution in [1.82, 2.24) is 9.88 Å². The second-order valence-corrected chi connectivity index (χ2v) is 10.5. The molecule has 0 saturated heterocycles. The van der Waals surface area contributed by atoms with Gasteiger partial charge in [-0.2, -0.15) is 0 Å². The number of nitrogens with zero attached hydrogens (tertiary/aromatic N) is 1. The molecule has 37 heavy (non-hydrogen) atoms. The van der Waals surface area contributed by atoms with Gasteiger partial charge in [-0.1, -0.05) is 18.2 Å². The van der Waals surface area contributed by atoms with Gasteiger partial charge in [0.1, 0.15) is 18.5 Å². The number of carbonyl (C=O) groups is 1. The predicted octanol–water partition coefficient (Wildman–Crippen LogP) is 2.45. The molecule has 0 aliphatic carbocycles. The molecule has 3 rings (SSSR count). The quantitative estimate of drug-likeness (QED) is 0.140. The molecule has 0 saturated carbocycles. The molecule has 3 aromatic rings. The fourth-order valence-electron chi connectivity index (χ4n) is 3.77. The average Bonchev–Trinajstić information content (AvgIpc) is 3.18. The number of β-amino-alcohol motifs (C(OH)–C–C–N with tert-alkyl or cyclic N) is 1. The normalized spacial score (nSPS) is 12.6. The molecule has 202 valence electrons. The zero-order valence-electron chi connectivity index (χ0n) is 20.8. The molecule has 0 aliphatic heterocycles. The third kappa shape index (κ3) is 7.05. The number of ether oxygens (including phenoxy) is 2. The van der Waals surface area contributed by atoms with Crippen LogP contribution in [0.3, 0.4) is 0 Å². The zero-order chi connectivity index (χ0) is 27.0. The van der Waals surface area contributed by atoms with Gasteiger partial charge in [-0.15, -0.1) is 11.8 Å². The van der Waals surface area contributed by atoms with Gasteiger partial charge in [-0.05, 0) is 47.1 Å². The summed E-state index contributed by atoms with van der Waals surface area (Å²) >= 11 is 5.15. The Labute approximate surface area is 228 Å². The van der Waals surface area contributed by atoms with Crippen molar-refractivity contribution in [2.75, 3.05) is 39.6 Å². The maximum absolute atomic E-state index is 13.0. The van der Waals surface area contributed by atoms with Crippen LogP contribution in [-0.4, -0.2) is 82.2 Å². The van der Waals surface area contributed by atoms with Crippen LogP contribution >= 0.6 is 27.7 Å². The van der Waals surface area contributed by atoms with Crippen molar-refractivity contribution >= 4 is 44.6 Å². The van der Waals surface area contributed by atoms with E-state index in [0.29, 0.717) is 26.9 Å². The third-order valence-corrected chi connectivity index (χ3v) is 7.67. The van der Waals surface area contributed by atoms with Crippen molar-refractivity contribution in [2.24, 2.45) is 7.05 Å². The lowest BCUT2D eigenvalue weighted by Gasteiger charge is -2.30. The number of hydrogen-bond acceptors (Lipinski definition) is 9. The second-order valence-electron chi connectivity index (χ2n) is 8.60. The largest absolute Gasteiger partial charge is 0.490 e. The van der Waals surface area contributed by atoms with Crippen LogP contribution in [0.5, 0.6) is 5.75 Å². The summed E-state index contributed by atoms with van der Waals surface area (Å²) in [6.45, 7) is 0.398. The second kappa shape index (κ2) is 13.6. The number of rotatable bonds is 14. The molecule has 1 aromatic heterocycles. The fraction of sp³-hybridized carbons (Fsp3) is 0.423. The van der Waals surface area contributed by atoms with Crippen LogP contribution in [-0.2, 0) is 17.5 Å². The van der Waals surface area contributed by atoms with E-state index in [9.17, 15) is 25.2 Å². The lowest BCUT2D eigenvalue weighted by atomic mass is 10.0. The number of thioether (sulfide) groups is 1. The van der Waals surface area contributed by atoms with Crippen LogP contribution in [0.4, 0.5) is 0 Å². The summed E-state index contributed by atoms with van der Waals surface area (Å²) in [6, 6.07) is 13.6. The van der Waals surface area contributed by atoms with Crippen LogP contribution in [0, 0.1) is 0 Å². The van der Waals surface area contributed by atoms with Crippen molar-refractivity contribution in [1.29, 1.82) is 0 Å². The minimum absolute atomic E-state index is 0.0260. The van der Waals surface area contributed by atoms with Crippen LogP contribution < -0.4 is 10.1 Å². The number of hydrogen-bond donors (Lipinski definition) is 5. The Morgan fingerprint density at radius 3 is 2.46 bits per heavy atom. The van der Waals surface area contributed by atoms with E-state index in [0.717, 1.165) is 16.1 Å². The van der Waals surface area contributed by atoms with E-state index < -0.39 is 37.4 Å². The Hall–Kier alpha value is -2.12. The van der Waals surface area contributed by atoms with Crippen LogP contribution in [0.2, 0.25) is 0 Å². The topological polar surface area (TPSA) is 133 Å². The molecule has 2 aromatic carbocycles. The highest BCUT2D eigenvalue weighted by atomic mass is 79.9. The first-order valence-electron chi connectivity index (χ1n) is 11.8. The fourth-order valence-corrected chi connectivity index (χ4v) is 5.20. The first-order valence-corrected chi connectivity index (χ1v) is 13.6. The molecule has 5 N–H and O–H groups in total. The van der Waals surface area contributed by atoms with Gasteiger partial charge in [-0.25, -0.2) is 4.79 Å². The van der Waals surface area contributed by atoms with E-state index >= 15 is 0 Å². The van der Waals surface area contributed by atoms with Gasteiger partial charge in [0.25, 0.3) is 0 Å². The number of fused-ring (bicyclic) bond motifs is 1. The van der Waals surface area contributed by atoms with E-state index in [4.69, 9.17) is 9.47 Å². The first-order chi connectivity index (χ1) is 17.8. The number of aliphatic hydroxyl groups excluding tert-OH is 4. The first kappa shape index (κ1) is 29.4. The Morgan fingerprint density at radius 2 is 1.84 bits per heavy atom. The lowest BCUT2D eigenvalue weighted by molar-refractivity contribution is 0.0260. The van der Waals surface area contributed by atoms with Crippen LogP contribution in [0.15, 0.2) is 51.8 Å². The van der Waals surface area contributed by atoms with Gasteiger partial charge in [0.2, 0.25) is 0 Å². The highest BCUT2D eigenvalue weighted by Gasteiger charge is 2.28. The molecule has 0 spiro atoms. The molecular formula is C26H33BrN2O7S. The summed E-state index contributed by atoms with van der Waals surface area (Å²) in [5.74, 6) is 0.578. The maximum Gasteiger partial charge on any atom is 0.340 e. The molecule has 1 atom stereocenters. The number of nitrogens with one attached hydrogen (secondary N) is 1. The van der Waals surface area contributed by atoms with Gasteiger partial charge in [0.15, 0.2) is 0 Å². The Balaban J connectivity index is 1.85. The minimum Gasteiger partial charge on any atom is -0.490 e. The van der Waals surface area contributed by atoms with E-state index in [1.54, 1.807) is 24.8 Å². The number of aromatic nitrogens is 1. The van der Waals surface area contributed by atoms with Crippen molar-refractivity contribution in [3.05, 3.63) is 58.2 Å². The Morgan fingerprint density at radius 1 is 1.16 bits per heavy atom. The molecule has 11 heteroatoms. The molecule has 0 fully saturated rings. The summed E-state index contributed by atoms with van der Waals surface area (Å²) in [7, 11) is 1.91. The van der Waals surface area contributed by atoms with Gasteiger partial charge >= 0.3 is 5.97 Å². The van der Waals surface area contributed by atoms with Gasteiger partial charge in [0, 0.05) is 35.3 Å². The number of carbonyl (C=O) groups excluding carboxylic acids is 1. The van der Waals surface area contributed by atoms with Gasteiger partial charge in [0.05, 0.1) is 47.5 Å². The number of esters is 1. The van der Waals surface area contributed by atoms with E-state index in [2.05, 4.69) is 21.2 Å². The number of benzene rings is 2. The molecule has 0 amide bonds. The molecule has 0 aliphatic rings. The molecule has 1 heterocycles. The van der Waals surface area contributed by atoms with Crippen LogP contribution in [0.1, 0.15) is 23.0 Å². The molecule has 9 nitrogen and oxygen atoms in total. The smallest absolute Gasteiger partial charge is 0.340 e. The van der Waals surface area contributed by atoms with Crippen molar-refractivity contribution in [3.63, 3.8) is 0 Å². The molecular weight excluding hydrogens is 564 g/mol. The molecule has 0 unspecified atom stereocenters. The van der Waals surface area contributed by atoms with E-state index in [-0.39, 0.29) is 19.8 Å². The maximum atomic E-state index is 13.0. The standard InChI is InChI=1S/C26H33BrN2O7S/c1-3-35-25(34)24-19-9-23(36-12-17(33)11-28-26(14-30,15-31)16-32)20(27)10-21(19)29(2)22(24)13-37-18-7-5-4-6-8-18/h4-10,17,28,30-33H,3,11-16H2,1-2H3/t17-/m0/s1. The summed E-state index contributed by atoms with van der Waals surface area (Å²) in [6.07, 6.45) is -0.996. The summed E-state index contributed by atoms with van der Waals surface area (Å²) in [5, 5.41) is 42.1. The Kier molecular flexibility index (Phi) is 10.8. The lowest BCUT2D eigenvalue weighted by Crippen LogP contribution is -2.57. The van der Waals surface area contributed by atoms with Crippen LogP contribution in [0.25, 0.3) is 10.9 Å². The van der Waals surface area contributed by atoms with Gasteiger partial charge < -0.3 is 39.8 Å². The monoisotopic (exact) mass is 596 g/mol. The SMILES string of the molecule is CCOC(=O)c1c(CSc2ccccc2)n(C)c2cc(Br)c(OC[C@@H](O)CNC(CO)(CO)CO)cc12. The van der Waals surface area contributed by atoms with Crippen molar-refractivity contribution in [2.45, 2.75) is 29.2 Å². The number of aryl methyl sites for hydroxylation is 1.